The fourth-order valence-electron chi connectivity index (χ4n) is 3.39. The van der Waals surface area contributed by atoms with Crippen molar-refractivity contribution in [1.82, 2.24) is 9.88 Å². The molecule has 6 N–H and O–H groups in total. The Morgan fingerprint density at radius 2 is 1.85 bits per heavy atom. The van der Waals surface area contributed by atoms with Crippen LogP contribution in [0.25, 0.3) is 10.8 Å². The normalized spacial score (nSPS) is 11.7. The average molecular weight is 453 g/mol. The van der Waals surface area contributed by atoms with Crippen LogP contribution in [-0.2, 0) is 11.3 Å². The summed E-state index contributed by atoms with van der Waals surface area (Å²) in [5.74, 6) is -2.44. The second kappa shape index (κ2) is 10.4. The summed E-state index contributed by atoms with van der Waals surface area (Å²) in [6.07, 6.45) is 1.97. The van der Waals surface area contributed by atoms with E-state index < -0.39 is 23.5 Å². The molecular weight excluding hydrogens is 429 g/mol. The maximum Gasteiger partial charge on any atom is 0.326 e. The molecular formula is C23H24FN5O4. The molecule has 0 fully saturated rings. The van der Waals surface area contributed by atoms with Crippen LogP contribution in [0.1, 0.15) is 28.8 Å². The van der Waals surface area contributed by atoms with Crippen molar-refractivity contribution in [3.05, 3.63) is 82.0 Å². The van der Waals surface area contributed by atoms with Crippen molar-refractivity contribution >= 4 is 28.6 Å². The van der Waals surface area contributed by atoms with E-state index in [1.807, 2.05) is 6.07 Å². The number of benzene rings is 2. The highest BCUT2D eigenvalue weighted by Gasteiger charge is 2.22. The number of nitrogens with two attached hydrogens (primary N) is 2. The maximum atomic E-state index is 13.4. The van der Waals surface area contributed by atoms with E-state index in [1.165, 1.54) is 29.0 Å². The maximum absolute atomic E-state index is 13.4. The lowest BCUT2D eigenvalue weighted by molar-refractivity contribution is -0.139. The van der Waals surface area contributed by atoms with E-state index in [4.69, 9.17) is 11.5 Å². The largest absolute Gasteiger partial charge is 0.480 e. The number of aliphatic imine (C=N–C) groups is 1. The van der Waals surface area contributed by atoms with Crippen molar-refractivity contribution in [2.45, 2.75) is 25.4 Å². The number of pyridine rings is 1. The van der Waals surface area contributed by atoms with E-state index in [9.17, 15) is 23.9 Å². The van der Waals surface area contributed by atoms with Gasteiger partial charge in [-0.05, 0) is 59.5 Å². The number of carbonyl (C=O) groups excluding carboxylic acids is 1. The topological polar surface area (TPSA) is 153 Å². The molecule has 0 aliphatic carbocycles. The van der Waals surface area contributed by atoms with E-state index >= 15 is 0 Å². The lowest BCUT2D eigenvalue weighted by atomic mass is 10.1. The van der Waals surface area contributed by atoms with Gasteiger partial charge >= 0.3 is 5.97 Å². The molecule has 0 unspecified atom stereocenters. The number of guanidine groups is 1. The van der Waals surface area contributed by atoms with Crippen LogP contribution in [0.3, 0.4) is 0 Å². The van der Waals surface area contributed by atoms with E-state index in [2.05, 4.69) is 10.3 Å². The number of aromatic nitrogens is 1. The zero-order valence-electron chi connectivity index (χ0n) is 17.7. The number of carbonyl (C=O) groups is 2. The summed E-state index contributed by atoms with van der Waals surface area (Å²) < 4.78 is 14.7. The first-order valence-electron chi connectivity index (χ1n) is 10.2. The molecule has 0 spiro atoms. The van der Waals surface area contributed by atoms with Gasteiger partial charge in [-0.15, -0.1) is 0 Å². The first-order valence-corrected chi connectivity index (χ1v) is 10.2. The molecule has 1 atom stereocenters. The molecule has 0 aliphatic heterocycles. The van der Waals surface area contributed by atoms with Gasteiger partial charge in [-0.2, -0.15) is 0 Å². The molecule has 1 heterocycles. The van der Waals surface area contributed by atoms with Crippen LogP contribution >= 0.6 is 0 Å². The fourth-order valence-corrected chi connectivity index (χ4v) is 3.39. The molecule has 2 aromatic carbocycles. The van der Waals surface area contributed by atoms with E-state index in [1.54, 1.807) is 24.3 Å². The van der Waals surface area contributed by atoms with Crippen molar-refractivity contribution < 1.29 is 19.1 Å². The second-order valence-electron chi connectivity index (χ2n) is 7.49. The average Bonchev–Trinajstić information content (AvgIpc) is 2.77. The molecule has 0 radical (unpaired) electrons. The van der Waals surface area contributed by atoms with Crippen molar-refractivity contribution in [3.63, 3.8) is 0 Å². The summed E-state index contributed by atoms with van der Waals surface area (Å²) in [4.78, 5) is 40.8. The number of carboxylic acids is 1. The molecule has 3 rings (SSSR count). The molecule has 10 heteroatoms. The number of nitrogens with zero attached hydrogens (tertiary/aromatic N) is 2. The lowest BCUT2D eigenvalue weighted by Crippen LogP contribution is -2.43. The third-order valence-corrected chi connectivity index (χ3v) is 5.03. The van der Waals surface area contributed by atoms with Crippen LogP contribution in [0, 0.1) is 5.82 Å². The third-order valence-electron chi connectivity index (χ3n) is 5.03. The van der Waals surface area contributed by atoms with Gasteiger partial charge in [-0.3, -0.25) is 14.6 Å². The summed E-state index contributed by atoms with van der Waals surface area (Å²) in [6, 6.07) is 11.5. The quantitative estimate of drug-likeness (QED) is 0.218. The van der Waals surface area contributed by atoms with E-state index in [-0.39, 0.29) is 36.9 Å². The molecule has 0 saturated carbocycles. The second-order valence-corrected chi connectivity index (χ2v) is 7.49. The Morgan fingerprint density at radius 1 is 1.12 bits per heavy atom. The van der Waals surface area contributed by atoms with Gasteiger partial charge < -0.3 is 26.5 Å². The summed E-state index contributed by atoms with van der Waals surface area (Å²) >= 11 is 0. The Morgan fingerprint density at radius 3 is 2.58 bits per heavy atom. The smallest absolute Gasteiger partial charge is 0.326 e. The van der Waals surface area contributed by atoms with Gasteiger partial charge in [0.1, 0.15) is 17.4 Å². The zero-order chi connectivity index (χ0) is 24.0. The summed E-state index contributed by atoms with van der Waals surface area (Å²) in [7, 11) is 0. The highest BCUT2D eigenvalue weighted by Crippen LogP contribution is 2.18. The van der Waals surface area contributed by atoms with Crippen LogP contribution in [-0.4, -0.2) is 40.1 Å². The Balaban J connectivity index is 1.75. The first-order chi connectivity index (χ1) is 15.7. The predicted molar refractivity (Wildman–Crippen MR) is 123 cm³/mol. The van der Waals surface area contributed by atoms with Crippen molar-refractivity contribution in [2.24, 2.45) is 16.5 Å². The SMILES string of the molecule is NC(N)=NCCC[C@H](NC(=O)c1cccn(Cc2ccc3cc(F)ccc3c2)c1=O)C(=O)O. The van der Waals surface area contributed by atoms with Gasteiger partial charge in [0.2, 0.25) is 0 Å². The number of rotatable bonds is 9. The number of aliphatic carboxylic acids is 1. The first kappa shape index (κ1) is 23.5. The highest BCUT2D eigenvalue weighted by molar-refractivity contribution is 5.96. The molecule has 33 heavy (non-hydrogen) atoms. The number of fused-ring (bicyclic) bond motifs is 1. The number of nitrogens with one attached hydrogen (secondary N) is 1. The Kier molecular flexibility index (Phi) is 7.39. The number of carboxylic acid groups (broad SMARTS) is 1. The third kappa shape index (κ3) is 6.16. The standard InChI is InChI=1S/C23H24FN5O4/c24-17-8-7-15-11-14(5-6-16(15)12-17)13-29-10-2-3-18(21(29)31)20(30)28-19(22(32)33)4-1-9-27-23(25)26/h2-3,5-8,10-12,19H,1,4,9,13H2,(H,28,30)(H,32,33)(H4,25,26,27)/t19-/m0/s1. The molecule has 0 bridgehead atoms. The predicted octanol–water partition coefficient (Wildman–Crippen LogP) is 1.43. The Labute approximate surface area is 188 Å². The highest BCUT2D eigenvalue weighted by atomic mass is 19.1. The van der Waals surface area contributed by atoms with Gasteiger partial charge in [0, 0.05) is 12.7 Å². The number of hydrogen-bond donors (Lipinski definition) is 4. The van der Waals surface area contributed by atoms with Crippen molar-refractivity contribution in [2.75, 3.05) is 6.54 Å². The van der Waals surface area contributed by atoms with Crippen LogP contribution in [0.15, 0.2) is 64.5 Å². The van der Waals surface area contributed by atoms with Gasteiger partial charge in [-0.1, -0.05) is 18.2 Å². The molecule has 172 valence electrons. The minimum atomic E-state index is -1.23. The summed E-state index contributed by atoms with van der Waals surface area (Å²) in [5, 5.41) is 13.3. The monoisotopic (exact) mass is 453 g/mol. The lowest BCUT2D eigenvalue weighted by Gasteiger charge is -2.14. The van der Waals surface area contributed by atoms with Crippen molar-refractivity contribution in [3.8, 4) is 0 Å². The number of hydrogen-bond acceptors (Lipinski definition) is 4. The van der Waals surface area contributed by atoms with Gasteiger partial charge in [0.25, 0.3) is 11.5 Å². The Bertz CT molecular complexity index is 1270. The molecule has 0 aliphatic rings. The molecule has 0 saturated heterocycles. The summed E-state index contributed by atoms with van der Waals surface area (Å²) in [5.41, 5.74) is 10.5. The number of halogens is 1. The van der Waals surface area contributed by atoms with E-state index in [0.717, 1.165) is 16.3 Å². The van der Waals surface area contributed by atoms with Crippen LogP contribution < -0.4 is 22.3 Å². The summed E-state index contributed by atoms with van der Waals surface area (Å²) in [6.45, 7) is 0.409. The Hall–Kier alpha value is -4.21. The van der Waals surface area contributed by atoms with Gasteiger partial charge in [0.15, 0.2) is 5.96 Å². The van der Waals surface area contributed by atoms with Crippen molar-refractivity contribution in [1.29, 1.82) is 0 Å². The minimum Gasteiger partial charge on any atom is -0.480 e. The molecule has 3 aromatic rings. The minimum absolute atomic E-state index is 0.0938. The number of amides is 1. The van der Waals surface area contributed by atoms with Crippen LogP contribution in [0.2, 0.25) is 0 Å². The van der Waals surface area contributed by atoms with E-state index in [0.29, 0.717) is 6.42 Å². The van der Waals surface area contributed by atoms with Crippen LogP contribution in [0.4, 0.5) is 4.39 Å². The molecule has 9 nitrogen and oxygen atoms in total. The van der Waals surface area contributed by atoms with Crippen LogP contribution in [0.5, 0.6) is 0 Å². The zero-order valence-corrected chi connectivity index (χ0v) is 17.7. The fraction of sp³-hybridized carbons (Fsp3) is 0.217. The molecule has 1 amide bonds. The van der Waals surface area contributed by atoms with Gasteiger partial charge in [-0.25, -0.2) is 9.18 Å². The van der Waals surface area contributed by atoms with Gasteiger partial charge in [0.05, 0.1) is 6.54 Å². The molecule has 1 aromatic heterocycles.